The summed E-state index contributed by atoms with van der Waals surface area (Å²) in [6.07, 6.45) is 0.989. The average Bonchev–Trinajstić information content (AvgIpc) is 2.65. The highest BCUT2D eigenvalue weighted by molar-refractivity contribution is 6.35. The molecule has 0 unspecified atom stereocenters. The van der Waals surface area contributed by atoms with Crippen molar-refractivity contribution >= 4 is 11.8 Å². The van der Waals surface area contributed by atoms with Gasteiger partial charge in [-0.2, -0.15) is 0 Å². The molecule has 4 nitrogen and oxygen atoms in total. The molecule has 2 amide bonds. The highest BCUT2D eigenvalue weighted by Gasteiger charge is 2.34. The molecule has 0 aromatic carbocycles. The van der Waals surface area contributed by atoms with E-state index in [1.807, 2.05) is 6.92 Å². The predicted molar refractivity (Wildman–Crippen MR) is 39.8 cm³/mol. The predicted octanol–water partition coefficient (Wildman–Crippen LogP) is -0.743. The molecule has 1 aliphatic carbocycles. The fourth-order valence-corrected chi connectivity index (χ4v) is 0.871. The zero-order valence-electron chi connectivity index (χ0n) is 6.68. The largest absolute Gasteiger partial charge is 0.351 e. The molecule has 1 aliphatic rings. The van der Waals surface area contributed by atoms with Crippen molar-refractivity contribution in [2.45, 2.75) is 19.4 Å². The van der Waals surface area contributed by atoms with E-state index in [1.54, 1.807) is 0 Å². The average molecular weight is 156 g/mol. The zero-order valence-corrected chi connectivity index (χ0v) is 6.68. The summed E-state index contributed by atoms with van der Waals surface area (Å²) in [6.45, 7) is 2.04. The van der Waals surface area contributed by atoms with Crippen LogP contribution in [0.1, 0.15) is 13.3 Å². The monoisotopic (exact) mass is 156 g/mol. The van der Waals surface area contributed by atoms with Gasteiger partial charge in [0.15, 0.2) is 0 Å². The van der Waals surface area contributed by atoms with E-state index in [2.05, 4.69) is 10.6 Å². The molecule has 4 heteroatoms. The van der Waals surface area contributed by atoms with Gasteiger partial charge >= 0.3 is 11.8 Å². The summed E-state index contributed by atoms with van der Waals surface area (Å²) in [5.74, 6) is -0.561. The molecule has 11 heavy (non-hydrogen) atoms. The number of hydrogen-bond acceptors (Lipinski definition) is 2. The molecular formula is C7H12N2O2. The summed E-state index contributed by atoms with van der Waals surface area (Å²) in [7, 11) is 1.44. The number of hydrogen-bond donors (Lipinski definition) is 2. The van der Waals surface area contributed by atoms with Crippen molar-refractivity contribution in [3.8, 4) is 0 Å². The van der Waals surface area contributed by atoms with E-state index < -0.39 is 11.8 Å². The van der Waals surface area contributed by atoms with Crippen molar-refractivity contribution in [1.82, 2.24) is 10.6 Å². The van der Waals surface area contributed by atoms with Gasteiger partial charge in [0.2, 0.25) is 0 Å². The number of nitrogens with one attached hydrogen (secondary N) is 2. The van der Waals surface area contributed by atoms with E-state index in [-0.39, 0.29) is 6.04 Å². The third-order valence-electron chi connectivity index (χ3n) is 1.86. The number of carbonyl (C=O) groups excluding carboxylic acids is 2. The highest BCUT2D eigenvalue weighted by Crippen LogP contribution is 2.28. The highest BCUT2D eigenvalue weighted by atomic mass is 16.2. The molecule has 0 aromatic heterocycles. The van der Waals surface area contributed by atoms with Crippen LogP contribution in [0.3, 0.4) is 0 Å². The molecule has 1 fully saturated rings. The van der Waals surface area contributed by atoms with E-state index >= 15 is 0 Å². The Bertz CT molecular complexity index is 191. The minimum absolute atomic E-state index is 0.222. The van der Waals surface area contributed by atoms with E-state index in [4.69, 9.17) is 0 Å². The fraction of sp³-hybridized carbons (Fsp3) is 0.714. The van der Waals surface area contributed by atoms with Crippen LogP contribution in [0.5, 0.6) is 0 Å². The molecule has 0 saturated heterocycles. The summed E-state index contributed by atoms with van der Waals surface area (Å²) in [5, 5.41) is 4.87. The van der Waals surface area contributed by atoms with E-state index in [0.717, 1.165) is 6.42 Å². The Morgan fingerprint density at radius 3 is 2.27 bits per heavy atom. The Kier molecular flexibility index (Phi) is 2.12. The van der Waals surface area contributed by atoms with Gasteiger partial charge in [0, 0.05) is 13.1 Å². The molecular weight excluding hydrogens is 144 g/mol. The third-order valence-corrected chi connectivity index (χ3v) is 1.86. The van der Waals surface area contributed by atoms with E-state index in [1.165, 1.54) is 7.05 Å². The van der Waals surface area contributed by atoms with Crippen LogP contribution in [0.2, 0.25) is 0 Å². The molecule has 0 heterocycles. The van der Waals surface area contributed by atoms with Gasteiger partial charge in [0.05, 0.1) is 0 Å². The van der Waals surface area contributed by atoms with Crippen molar-refractivity contribution in [2.24, 2.45) is 5.92 Å². The second-order valence-electron chi connectivity index (χ2n) is 2.87. The quantitative estimate of drug-likeness (QED) is 0.491. The van der Waals surface area contributed by atoms with Crippen LogP contribution < -0.4 is 10.6 Å². The fourth-order valence-electron chi connectivity index (χ4n) is 0.871. The first-order chi connectivity index (χ1) is 5.15. The van der Waals surface area contributed by atoms with Crippen molar-refractivity contribution in [2.75, 3.05) is 7.05 Å². The smallest absolute Gasteiger partial charge is 0.309 e. The lowest BCUT2D eigenvalue weighted by molar-refractivity contribution is -0.139. The molecule has 62 valence electrons. The Hall–Kier alpha value is -1.06. The van der Waals surface area contributed by atoms with E-state index in [0.29, 0.717) is 5.92 Å². The summed E-state index contributed by atoms with van der Waals surface area (Å²) in [6, 6.07) is 0.222. The number of amides is 2. The van der Waals surface area contributed by atoms with Gasteiger partial charge in [0.25, 0.3) is 0 Å². The lowest BCUT2D eigenvalue weighted by Gasteiger charge is -2.00. The third kappa shape index (κ3) is 1.93. The van der Waals surface area contributed by atoms with Crippen LogP contribution in [0.15, 0.2) is 0 Å². The number of carbonyl (C=O) groups is 2. The van der Waals surface area contributed by atoms with Crippen molar-refractivity contribution < 1.29 is 9.59 Å². The van der Waals surface area contributed by atoms with Gasteiger partial charge in [-0.1, -0.05) is 6.92 Å². The maximum atomic E-state index is 10.8. The maximum Gasteiger partial charge on any atom is 0.309 e. The SMILES string of the molecule is CNC(=O)C(=O)N[C@@H]1C[C@H]1C. The van der Waals surface area contributed by atoms with Gasteiger partial charge in [0.1, 0.15) is 0 Å². The first-order valence-electron chi connectivity index (χ1n) is 3.67. The Morgan fingerprint density at radius 1 is 1.36 bits per heavy atom. The van der Waals surface area contributed by atoms with Gasteiger partial charge in [-0.15, -0.1) is 0 Å². The van der Waals surface area contributed by atoms with Crippen LogP contribution in [0.25, 0.3) is 0 Å². The number of rotatable bonds is 1. The normalized spacial score (nSPS) is 27.5. The molecule has 0 aliphatic heterocycles. The second kappa shape index (κ2) is 2.90. The Balaban J connectivity index is 2.26. The molecule has 2 atom stereocenters. The van der Waals surface area contributed by atoms with Crippen molar-refractivity contribution in [3.05, 3.63) is 0 Å². The standard InChI is InChI=1S/C7H12N2O2/c1-4-3-5(4)9-7(11)6(10)8-2/h4-5H,3H2,1-2H3,(H,8,10)(H,9,11)/t4-,5-/m1/s1. The van der Waals surface area contributed by atoms with Crippen LogP contribution in [-0.2, 0) is 9.59 Å². The second-order valence-corrected chi connectivity index (χ2v) is 2.87. The van der Waals surface area contributed by atoms with Crippen LogP contribution in [-0.4, -0.2) is 24.9 Å². The topological polar surface area (TPSA) is 58.2 Å². The Labute approximate surface area is 65.3 Å². The van der Waals surface area contributed by atoms with Crippen LogP contribution in [0.4, 0.5) is 0 Å². The molecule has 0 spiro atoms. The molecule has 1 rings (SSSR count). The first kappa shape index (κ1) is 8.04. The van der Waals surface area contributed by atoms with E-state index in [9.17, 15) is 9.59 Å². The zero-order chi connectivity index (χ0) is 8.43. The van der Waals surface area contributed by atoms with Crippen LogP contribution in [0, 0.1) is 5.92 Å². The lowest BCUT2D eigenvalue weighted by Crippen LogP contribution is -2.39. The van der Waals surface area contributed by atoms with Gasteiger partial charge in [-0.25, -0.2) is 0 Å². The molecule has 0 aromatic rings. The number of likely N-dealkylation sites (N-methyl/N-ethyl adjacent to an activating group) is 1. The van der Waals surface area contributed by atoms with Crippen molar-refractivity contribution in [3.63, 3.8) is 0 Å². The molecule has 2 N–H and O–H groups in total. The summed E-state index contributed by atoms with van der Waals surface area (Å²) in [5.41, 5.74) is 0. The van der Waals surface area contributed by atoms with Crippen molar-refractivity contribution in [1.29, 1.82) is 0 Å². The Morgan fingerprint density at radius 2 is 1.91 bits per heavy atom. The minimum Gasteiger partial charge on any atom is -0.351 e. The van der Waals surface area contributed by atoms with Gasteiger partial charge in [-0.3, -0.25) is 9.59 Å². The molecule has 0 bridgehead atoms. The van der Waals surface area contributed by atoms with Gasteiger partial charge < -0.3 is 10.6 Å². The lowest BCUT2D eigenvalue weighted by atomic mass is 10.4. The minimum atomic E-state index is -0.566. The van der Waals surface area contributed by atoms with Gasteiger partial charge in [-0.05, 0) is 12.3 Å². The molecule has 1 saturated carbocycles. The maximum absolute atomic E-state index is 10.8. The molecule has 0 radical (unpaired) electrons. The summed E-state index contributed by atoms with van der Waals surface area (Å²) in [4.78, 5) is 21.5. The summed E-state index contributed by atoms with van der Waals surface area (Å²) < 4.78 is 0. The summed E-state index contributed by atoms with van der Waals surface area (Å²) >= 11 is 0. The first-order valence-corrected chi connectivity index (χ1v) is 3.67. The van der Waals surface area contributed by atoms with Crippen LogP contribution >= 0.6 is 0 Å².